The van der Waals surface area contributed by atoms with Gasteiger partial charge in [0, 0.05) is 12.1 Å². The number of nitro benzene ring substituents is 1. The summed E-state index contributed by atoms with van der Waals surface area (Å²) in [5.74, 6) is -0.465. The predicted molar refractivity (Wildman–Crippen MR) is 91.7 cm³/mol. The SMILES string of the molecule is N#C/C(=C\c1ccc(OCc2cccc([N+](=O)[O-])c2)c(Cl)c1)C(N)=O. The Morgan fingerprint density at radius 1 is 1.36 bits per heavy atom. The maximum Gasteiger partial charge on any atom is 0.269 e. The number of nitrogens with zero attached hydrogens (tertiary/aromatic N) is 2. The molecule has 0 heterocycles. The van der Waals surface area contributed by atoms with Crippen LogP contribution in [-0.4, -0.2) is 10.8 Å². The van der Waals surface area contributed by atoms with Crippen LogP contribution < -0.4 is 10.5 Å². The zero-order chi connectivity index (χ0) is 18.4. The molecule has 2 rings (SSSR count). The van der Waals surface area contributed by atoms with Gasteiger partial charge in [-0.15, -0.1) is 0 Å². The second-order valence-corrected chi connectivity index (χ2v) is 5.35. The molecule has 0 unspecified atom stereocenters. The van der Waals surface area contributed by atoms with Crippen molar-refractivity contribution in [1.82, 2.24) is 0 Å². The number of hydrogen-bond donors (Lipinski definition) is 1. The van der Waals surface area contributed by atoms with Gasteiger partial charge in [0.2, 0.25) is 0 Å². The third kappa shape index (κ3) is 4.80. The summed E-state index contributed by atoms with van der Waals surface area (Å²) >= 11 is 6.12. The fourth-order valence-corrected chi connectivity index (χ4v) is 2.21. The first-order valence-corrected chi connectivity index (χ1v) is 7.36. The van der Waals surface area contributed by atoms with Gasteiger partial charge >= 0.3 is 0 Å². The largest absolute Gasteiger partial charge is 0.487 e. The number of nitro groups is 1. The van der Waals surface area contributed by atoms with Crippen molar-refractivity contribution in [2.45, 2.75) is 6.61 Å². The molecule has 0 saturated carbocycles. The molecule has 0 spiro atoms. The molecule has 0 atom stereocenters. The van der Waals surface area contributed by atoms with E-state index in [1.807, 2.05) is 0 Å². The number of nitriles is 1. The van der Waals surface area contributed by atoms with Gasteiger partial charge in [0.25, 0.3) is 11.6 Å². The van der Waals surface area contributed by atoms with E-state index in [1.54, 1.807) is 30.3 Å². The molecule has 0 fully saturated rings. The molecule has 8 heteroatoms. The highest BCUT2D eigenvalue weighted by Gasteiger charge is 2.09. The Morgan fingerprint density at radius 2 is 2.12 bits per heavy atom. The van der Waals surface area contributed by atoms with Crippen molar-refractivity contribution in [1.29, 1.82) is 5.26 Å². The van der Waals surface area contributed by atoms with E-state index in [1.165, 1.54) is 24.3 Å². The summed E-state index contributed by atoms with van der Waals surface area (Å²) in [5.41, 5.74) is 5.99. The van der Waals surface area contributed by atoms with Gasteiger partial charge in [0.15, 0.2) is 0 Å². The van der Waals surface area contributed by atoms with Crippen LogP contribution in [0.15, 0.2) is 48.0 Å². The number of primary amides is 1. The van der Waals surface area contributed by atoms with Gasteiger partial charge in [-0.1, -0.05) is 29.8 Å². The minimum Gasteiger partial charge on any atom is -0.487 e. The highest BCUT2D eigenvalue weighted by atomic mass is 35.5. The number of halogens is 1. The molecular weight excluding hydrogens is 346 g/mol. The summed E-state index contributed by atoms with van der Waals surface area (Å²) in [6, 6.07) is 12.5. The number of non-ortho nitro benzene ring substituents is 1. The standard InChI is InChI=1S/C17H12ClN3O4/c18-15-8-11(6-13(9-19)17(20)22)4-5-16(15)25-10-12-2-1-3-14(7-12)21(23)24/h1-8H,10H2,(H2,20,22)/b13-6+. The van der Waals surface area contributed by atoms with Gasteiger partial charge in [0.1, 0.15) is 24.0 Å². The van der Waals surface area contributed by atoms with Crippen molar-refractivity contribution in [3.63, 3.8) is 0 Å². The van der Waals surface area contributed by atoms with Gasteiger partial charge in [-0.2, -0.15) is 5.26 Å². The predicted octanol–water partition coefficient (Wildman–Crippen LogP) is 3.22. The van der Waals surface area contributed by atoms with E-state index >= 15 is 0 Å². The fourth-order valence-electron chi connectivity index (χ4n) is 1.97. The van der Waals surface area contributed by atoms with Gasteiger partial charge in [0.05, 0.1) is 9.95 Å². The number of ether oxygens (including phenoxy) is 1. The number of rotatable bonds is 6. The molecule has 2 aromatic carbocycles. The lowest BCUT2D eigenvalue weighted by Gasteiger charge is -2.09. The van der Waals surface area contributed by atoms with Crippen LogP contribution in [0.2, 0.25) is 5.02 Å². The summed E-state index contributed by atoms with van der Waals surface area (Å²) in [6.07, 6.45) is 1.32. The summed E-state index contributed by atoms with van der Waals surface area (Å²) in [4.78, 5) is 21.3. The summed E-state index contributed by atoms with van der Waals surface area (Å²) < 4.78 is 5.56. The second kappa shape index (κ2) is 7.95. The molecule has 0 saturated heterocycles. The molecule has 25 heavy (non-hydrogen) atoms. The molecule has 7 nitrogen and oxygen atoms in total. The van der Waals surface area contributed by atoms with Crippen LogP contribution in [-0.2, 0) is 11.4 Å². The van der Waals surface area contributed by atoms with Crippen molar-refractivity contribution >= 4 is 29.3 Å². The molecular formula is C17H12ClN3O4. The van der Waals surface area contributed by atoms with Crippen LogP contribution in [0.3, 0.4) is 0 Å². The Kier molecular flexibility index (Phi) is 5.71. The smallest absolute Gasteiger partial charge is 0.269 e. The van der Waals surface area contributed by atoms with Gasteiger partial charge in [-0.3, -0.25) is 14.9 Å². The average Bonchev–Trinajstić information content (AvgIpc) is 2.58. The lowest BCUT2D eigenvalue weighted by Crippen LogP contribution is -2.12. The van der Waals surface area contributed by atoms with E-state index in [0.717, 1.165) is 0 Å². The number of carbonyl (C=O) groups excluding carboxylic acids is 1. The minimum atomic E-state index is -0.829. The topological polar surface area (TPSA) is 119 Å². The molecule has 0 aliphatic carbocycles. The number of carbonyl (C=O) groups is 1. The van der Waals surface area contributed by atoms with Crippen molar-refractivity contribution in [2.75, 3.05) is 0 Å². The van der Waals surface area contributed by atoms with Gasteiger partial charge < -0.3 is 10.5 Å². The summed E-state index contributed by atoms with van der Waals surface area (Å²) in [7, 11) is 0. The van der Waals surface area contributed by atoms with Crippen LogP contribution in [0.4, 0.5) is 5.69 Å². The fraction of sp³-hybridized carbons (Fsp3) is 0.0588. The third-order valence-corrected chi connectivity index (χ3v) is 3.46. The van der Waals surface area contributed by atoms with Crippen molar-refractivity contribution < 1.29 is 14.5 Å². The molecule has 0 aromatic heterocycles. The van der Waals surface area contributed by atoms with Crippen LogP contribution >= 0.6 is 11.6 Å². The van der Waals surface area contributed by atoms with Gasteiger partial charge in [-0.05, 0) is 29.3 Å². The van der Waals surface area contributed by atoms with Crippen molar-refractivity contribution in [3.05, 3.63) is 74.3 Å². The molecule has 1 amide bonds. The Hall–Kier alpha value is -3.37. The average molecular weight is 358 g/mol. The zero-order valence-electron chi connectivity index (χ0n) is 12.8. The number of nitrogens with two attached hydrogens (primary N) is 1. The molecule has 0 bridgehead atoms. The Labute approximate surface area is 148 Å². The molecule has 126 valence electrons. The van der Waals surface area contributed by atoms with E-state index < -0.39 is 10.8 Å². The van der Waals surface area contributed by atoms with Crippen molar-refractivity contribution in [3.8, 4) is 11.8 Å². The van der Waals surface area contributed by atoms with E-state index in [4.69, 9.17) is 27.3 Å². The highest BCUT2D eigenvalue weighted by molar-refractivity contribution is 6.32. The molecule has 0 aliphatic rings. The normalized spacial score (nSPS) is 10.8. The Morgan fingerprint density at radius 3 is 2.72 bits per heavy atom. The van der Waals surface area contributed by atoms with E-state index in [2.05, 4.69) is 0 Å². The Bertz CT molecular complexity index is 903. The van der Waals surface area contributed by atoms with Crippen LogP contribution in [0.5, 0.6) is 5.75 Å². The van der Waals surface area contributed by atoms with E-state index in [-0.39, 0.29) is 22.9 Å². The lowest BCUT2D eigenvalue weighted by molar-refractivity contribution is -0.384. The highest BCUT2D eigenvalue weighted by Crippen LogP contribution is 2.27. The van der Waals surface area contributed by atoms with Gasteiger partial charge in [-0.25, -0.2) is 0 Å². The third-order valence-electron chi connectivity index (χ3n) is 3.17. The van der Waals surface area contributed by atoms with E-state index in [9.17, 15) is 14.9 Å². The summed E-state index contributed by atoms with van der Waals surface area (Å²) in [5, 5.41) is 19.9. The Balaban J connectivity index is 2.14. The van der Waals surface area contributed by atoms with Crippen LogP contribution in [0.25, 0.3) is 6.08 Å². The minimum absolute atomic E-state index is 0.0248. The summed E-state index contributed by atoms with van der Waals surface area (Å²) in [6.45, 7) is 0.0985. The quantitative estimate of drug-likeness (QED) is 0.368. The number of hydrogen-bond acceptors (Lipinski definition) is 5. The first-order chi connectivity index (χ1) is 11.9. The number of benzene rings is 2. The first kappa shape index (κ1) is 18.0. The second-order valence-electron chi connectivity index (χ2n) is 4.94. The zero-order valence-corrected chi connectivity index (χ0v) is 13.6. The number of amides is 1. The molecule has 2 aromatic rings. The molecule has 0 radical (unpaired) electrons. The molecule has 2 N–H and O–H groups in total. The van der Waals surface area contributed by atoms with Crippen molar-refractivity contribution in [2.24, 2.45) is 5.73 Å². The monoisotopic (exact) mass is 357 g/mol. The molecule has 0 aliphatic heterocycles. The van der Waals surface area contributed by atoms with Crippen LogP contribution in [0, 0.1) is 21.4 Å². The van der Waals surface area contributed by atoms with Crippen LogP contribution in [0.1, 0.15) is 11.1 Å². The van der Waals surface area contributed by atoms with E-state index in [0.29, 0.717) is 16.9 Å². The lowest BCUT2D eigenvalue weighted by atomic mass is 10.1. The maximum absolute atomic E-state index is 11.0. The maximum atomic E-state index is 11.0. The first-order valence-electron chi connectivity index (χ1n) is 6.98.